The smallest absolute Gasteiger partial charge is 0.262 e. The highest BCUT2D eigenvalue weighted by atomic mass is 32.2. The molecule has 3 aromatic rings. The zero-order chi connectivity index (χ0) is 19.7. The summed E-state index contributed by atoms with van der Waals surface area (Å²) in [7, 11) is -4.01. The molecule has 0 aliphatic carbocycles. The molecular weight excluding hydrogens is 380 g/mol. The third-order valence-electron chi connectivity index (χ3n) is 4.12. The number of carbonyl (C=O) groups is 2. The van der Waals surface area contributed by atoms with Gasteiger partial charge in [0.25, 0.3) is 21.8 Å². The lowest BCUT2D eigenvalue weighted by Gasteiger charge is -2.13. The van der Waals surface area contributed by atoms with E-state index in [1.54, 1.807) is 48.5 Å². The second-order valence-electron chi connectivity index (χ2n) is 6.01. The van der Waals surface area contributed by atoms with Gasteiger partial charge in [-0.15, -0.1) is 0 Å². The molecule has 1 aliphatic rings. The van der Waals surface area contributed by atoms with E-state index < -0.39 is 21.8 Å². The number of fused-ring (bicyclic) bond motifs is 1. The van der Waals surface area contributed by atoms with Crippen LogP contribution in [0.5, 0.6) is 11.5 Å². The van der Waals surface area contributed by atoms with Crippen LogP contribution in [0.2, 0.25) is 0 Å². The van der Waals surface area contributed by atoms with E-state index in [1.165, 1.54) is 18.2 Å². The number of carbonyl (C=O) groups excluding carboxylic acids is 2. The van der Waals surface area contributed by atoms with Gasteiger partial charge >= 0.3 is 0 Å². The van der Waals surface area contributed by atoms with Gasteiger partial charge in [0.15, 0.2) is 5.75 Å². The molecular formula is C20H14N2O5S. The van der Waals surface area contributed by atoms with Crippen molar-refractivity contribution < 1.29 is 22.7 Å². The molecule has 4 rings (SSSR count). The van der Waals surface area contributed by atoms with Crippen LogP contribution in [0.25, 0.3) is 0 Å². The van der Waals surface area contributed by atoms with Gasteiger partial charge < -0.3 is 4.74 Å². The summed E-state index contributed by atoms with van der Waals surface area (Å²) in [6, 6.07) is 19.3. The van der Waals surface area contributed by atoms with Crippen molar-refractivity contribution in [2.24, 2.45) is 0 Å². The topological polar surface area (TPSA) is 102 Å². The van der Waals surface area contributed by atoms with Crippen LogP contribution < -0.4 is 14.8 Å². The molecule has 1 aliphatic heterocycles. The Bertz CT molecular complexity index is 1190. The Morgan fingerprint density at radius 1 is 0.786 bits per heavy atom. The molecule has 0 saturated carbocycles. The lowest BCUT2D eigenvalue weighted by atomic mass is 10.1. The maximum absolute atomic E-state index is 12.8. The molecule has 0 radical (unpaired) electrons. The quantitative estimate of drug-likeness (QED) is 0.647. The summed E-state index contributed by atoms with van der Waals surface area (Å²) in [5, 5.41) is 2.13. The molecule has 0 bridgehead atoms. The van der Waals surface area contributed by atoms with Crippen LogP contribution in [0.1, 0.15) is 20.7 Å². The Morgan fingerprint density at radius 2 is 1.46 bits per heavy atom. The molecule has 0 spiro atoms. The molecule has 28 heavy (non-hydrogen) atoms. The van der Waals surface area contributed by atoms with Crippen LogP contribution in [0, 0.1) is 0 Å². The molecule has 1 heterocycles. The van der Waals surface area contributed by atoms with Gasteiger partial charge in [0, 0.05) is 0 Å². The minimum absolute atomic E-state index is 0.0293. The fourth-order valence-electron chi connectivity index (χ4n) is 2.77. The standard InChI is InChI=1S/C20H14N2O5S/c23-19-15-11-10-14(12-16(15)20(24)21-19)28(25,26)22-17-8-4-5-9-18(17)27-13-6-2-1-3-7-13/h1-12,22H,(H,21,23,24). The van der Waals surface area contributed by atoms with Gasteiger partial charge in [0.2, 0.25) is 0 Å². The highest BCUT2D eigenvalue weighted by molar-refractivity contribution is 7.92. The summed E-state index contributed by atoms with van der Waals surface area (Å²) in [5.41, 5.74) is 0.422. The van der Waals surface area contributed by atoms with Crippen LogP contribution in [-0.4, -0.2) is 20.2 Å². The fraction of sp³-hybridized carbons (Fsp3) is 0. The van der Waals surface area contributed by atoms with Crippen molar-refractivity contribution in [3.05, 3.63) is 83.9 Å². The maximum Gasteiger partial charge on any atom is 0.262 e. The molecule has 0 unspecified atom stereocenters. The number of nitrogens with one attached hydrogen (secondary N) is 2. The van der Waals surface area contributed by atoms with E-state index in [-0.39, 0.29) is 21.7 Å². The van der Waals surface area contributed by atoms with Crippen LogP contribution >= 0.6 is 0 Å². The van der Waals surface area contributed by atoms with Crippen molar-refractivity contribution in [2.45, 2.75) is 4.90 Å². The van der Waals surface area contributed by atoms with E-state index in [9.17, 15) is 18.0 Å². The molecule has 0 fully saturated rings. The molecule has 7 nitrogen and oxygen atoms in total. The molecule has 140 valence electrons. The summed E-state index contributed by atoms with van der Waals surface area (Å²) in [6.07, 6.45) is 0. The van der Waals surface area contributed by atoms with Crippen molar-refractivity contribution >= 4 is 27.5 Å². The maximum atomic E-state index is 12.8. The van der Waals surface area contributed by atoms with Gasteiger partial charge in [-0.25, -0.2) is 8.42 Å². The molecule has 8 heteroatoms. The first-order chi connectivity index (χ1) is 13.4. The Balaban J connectivity index is 1.65. The minimum Gasteiger partial charge on any atom is -0.455 e. The highest BCUT2D eigenvalue weighted by Gasteiger charge is 2.29. The van der Waals surface area contributed by atoms with E-state index in [0.29, 0.717) is 11.5 Å². The Labute approximate surface area is 161 Å². The number of amides is 2. The first-order valence-electron chi connectivity index (χ1n) is 8.28. The normalized spacial score (nSPS) is 13.0. The summed E-state index contributed by atoms with van der Waals surface area (Å²) in [4.78, 5) is 23.3. The number of sulfonamides is 1. The molecule has 0 aromatic heterocycles. The number of para-hydroxylation sites is 3. The molecule has 2 amide bonds. The summed E-state index contributed by atoms with van der Waals surface area (Å²) in [6.45, 7) is 0. The monoisotopic (exact) mass is 394 g/mol. The number of hydrogen-bond donors (Lipinski definition) is 2. The first kappa shape index (κ1) is 17.7. The van der Waals surface area contributed by atoms with E-state index in [4.69, 9.17) is 4.74 Å². The van der Waals surface area contributed by atoms with Crippen LogP contribution in [0.15, 0.2) is 77.7 Å². The Morgan fingerprint density at radius 3 is 2.25 bits per heavy atom. The number of hydrogen-bond acceptors (Lipinski definition) is 5. The van der Waals surface area contributed by atoms with Crippen molar-refractivity contribution in [2.75, 3.05) is 4.72 Å². The third-order valence-corrected chi connectivity index (χ3v) is 5.48. The predicted octanol–water partition coefficient (Wildman–Crippen LogP) is 3.16. The highest BCUT2D eigenvalue weighted by Crippen LogP contribution is 2.31. The predicted molar refractivity (Wildman–Crippen MR) is 102 cm³/mol. The van der Waals surface area contributed by atoms with Crippen molar-refractivity contribution in [3.63, 3.8) is 0 Å². The summed E-state index contributed by atoms with van der Waals surface area (Å²) >= 11 is 0. The van der Waals surface area contributed by atoms with Gasteiger partial charge in [-0.3, -0.25) is 19.6 Å². The average molecular weight is 394 g/mol. The van der Waals surface area contributed by atoms with Crippen molar-refractivity contribution in [3.8, 4) is 11.5 Å². The average Bonchev–Trinajstić information content (AvgIpc) is 2.97. The molecule has 3 aromatic carbocycles. The first-order valence-corrected chi connectivity index (χ1v) is 9.77. The summed E-state index contributed by atoms with van der Waals surface area (Å²) in [5.74, 6) is -0.281. The van der Waals surface area contributed by atoms with E-state index in [2.05, 4.69) is 10.0 Å². The molecule has 0 saturated heterocycles. The number of rotatable bonds is 5. The van der Waals surface area contributed by atoms with Crippen LogP contribution in [-0.2, 0) is 10.0 Å². The minimum atomic E-state index is -4.01. The van der Waals surface area contributed by atoms with Crippen LogP contribution in [0.3, 0.4) is 0 Å². The van der Waals surface area contributed by atoms with Gasteiger partial charge in [0.05, 0.1) is 21.7 Å². The van der Waals surface area contributed by atoms with E-state index in [1.807, 2.05) is 6.07 Å². The van der Waals surface area contributed by atoms with Crippen LogP contribution in [0.4, 0.5) is 5.69 Å². The number of benzene rings is 3. The number of imide groups is 1. The lowest BCUT2D eigenvalue weighted by Crippen LogP contribution is -2.20. The zero-order valence-corrected chi connectivity index (χ0v) is 15.2. The molecule has 2 N–H and O–H groups in total. The Kier molecular flexibility index (Phi) is 4.32. The fourth-order valence-corrected chi connectivity index (χ4v) is 3.87. The van der Waals surface area contributed by atoms with Crippen molar-refractivity contribution in [1.82, 2.24) is 5.32 Å². The van der Waals surface area contributed by atoms with Gasteiger partial charge in [-0.2, -0.15) is 0 Å². The Hall–Kier alpha value is -3.65. The zero-order valence-electron chi connectivity index (χ0n) is 14.4. The second-order valence-corrected chi connectivity index (χ2v) is 7.69. The molecule has 0 atom stereocenters. The lowest BCUT2D eigenvalue weighted by molar-refractivity contribution is 0.0879. The third kappa shape index (κ3) is 3.33. The van der Waals surface area contributed by atoms with Gasteiger partial charge in [-0.1, -0.05) is 30.3 Å². The number of anilines is 1. The second kappa shape index (κ2) is 6.82. The van der Waals surface area contributed by atoms with Crippen molar-refractivity contribution in [1.29, 1.82) is 0 Å². The van der Waals surface area contributed by atoms with E-state index in [0.717, 1.165) is 0 Å². The summed E-state index contributed by atoms with van der Waals surface area (Å²) < 4.78 is 33.9. The largest absolute Gasteiger partial charge is 0.455 e. The SMILES string of the molecule is O=C1NC(=O)c2cc(S(=O)(=O)Nc3ccccc3Oc3ccccc3)ccc21. The van der Waals surface area contributed by atoms with Gasteiger partial charge in [0.1, 0.15) is 5.75 Å². The van der Waals surface area contributed by atoms with Gasteiger partial charge in [-0.05, 0) is 42.5 Å². The van der Waals surface area contributed by atoms with E-state index >= 15 is 0 Å². The number of ether oxygens (including phenoxy) is 1.